The molecule has 2 heterocycles. The molecule has 0 amide bonds. The lowest BCUT2D eigenvalue weighted by molar-refractivity contribution is -0.0382. The summed E-state index contributed by atoms with van der Waals surface area (Å²) in [6, 6.07) is 2.63. The van der Waals surface area contributed by atoms with Gasteiger partial charge in [-0.2, -0.15) is 0 Å². The normalized spacial score (nSPS) is 22.6. The van der Waals surface area contributed by atoms with Crippen molar-refractivity contribution in [2.24, 2.45) is 0 Å². The molecule has 2 atom stereocenters. The van der Waals surface area contributed by atoms with E-state index < -0.39 is 0 Å². The van der Waals surface area contributed by atoms with Crippen molar-refractivity contribution in [1.29, 1.82) is 0 Å². The van der Waals surface area contributed by atoms with E-state index in [0.29, 0.717) is 12.1 Å². The van der Waals surface area contributed by atoms with Crippen LogP contribution in [0.4, 0.5) is 0 Å². The van der Waals surface area contributed by atoms with Gasteiger partial charge in [0.2, 0.25) is 0 Å². The van der Waals surface area contributed by atoms with E-state index in [4.69, 9.17) is 4.74 Å². The second-order valence-corrected chi connectivity index (χ2v) is 7.08. The van der Waals surface area contributed by atoms with Crippen LogP contribution in [0, 0.1) is 0 Å². The van der Waals surface area contributed by atoms with E-state index in [0.717, 1.165) is 39.1 Å². The molecule has 2 unspecified atom stereocenters. The summed E-state index contributed by atoms with van der Waals surface area (Å²) in [5.41, 5.74) is 0. The molecule has 108 valence electrons. The predicted octanol–water partition coefficient (Wildman–Crippen LogP) is 2.75. The van der Waals surface area contributed by atoms with Crippen LogP contribution in [0.5, 0.6) is 0 Å². The van der Waals surface area contributed by atoms with Gasteiger partial charge in [-0.25, -0.2) is 0 Å². The molecule has 0 aromatic carbocycles. The molecule has 0 aliphatic carbocycles. The van der Waals surface area contributed by atoms with Gasteiger partial charge in [-0.1, -0.05) is 6.92 Å². The Morgan fingerprint density at radius 2 is 2.47 bits per heavy atom. The Hall–Kier alpha value is 0.0600. The van der Waals surface area contributed by atoms with Crippen molar-refractivity contribution in [3.63, 3.8) is 0 Å². The molecular weight excluding hydrogens is 324 g/mol. The monoisotopic (exact) mass is 346 g/mol. The number of ether oxygens (including phenoxy) is 1. The molecule has 2 rings (SSSR count). The highest BCUT2D eigenvalue weighted by atomic mass is 79.9. The highest BCUT2D eigenvalue weighted by Gasteiger charge is 2.26. The van der Waals surface area contributed by atoms with Crippen LogP contribution >= 0.6 is 27.3 Å². The molecule has 5 heteroatoms. The van der Waals surface area contributed by atoms with Crippen LogP contribution in [0.3, 0.4) is 0 Å². The molecular formula is C14H23BrN2OS. The molecule has 1 fully saturated rings. The van der Waals surface area contributed by atoms with Crippen molar-refractivity contribution in [2.45, 2.75) is 31.9 Å². The van der Waals surface area contributed by atoms with E-state index in [1.807, 2.05) is 11.3 Å². The Balaban J connectivity index is 1.97. The van der Waals surface area contributed by atoms with Crippen molar-refractivity contribution in [3.05, 3.63) is 20.8 Å². The van der Waals surface area contributed by atoms with E-state index in [2.05, 4.69) is 51.6 Å². The van der Waals surface area contributed by atoms with Crippen LogP contribution in [0.25, 0.3) is 0 Å². The molecule has 1 aromatic rings. The minimum atomic E-state index is 0.297. The second kappa shape index (κ2) is 7.74. The minimum absolute atomic E-state index is 0.297. The van der Waals surface area contributed by atoms with Gasteiger partial charge in [0.05, 0.1) is 12.7 Å². The van der Waals surface area contributed by atoms with Gasteiger partial charge in [0.15, 0.2) is 0 Å². The molecule has 1 saturated heterocycles. The third-order valence-electron chi connectivity index (χ3n) is 3.44. The average molecular weight is 347 g/mol. The Labute approximate surface area is 128 Å². The topological polar surface area (TPSA) is 24.5 Å². The number of hydrogen-bond donors (Lipinski definition) is 1. The van der Waals surface area contributed by atoms with Gasteiger partial charge >= 0.3 is 0 Å². The lowest BCUT2D eigenvalue weighted by Gasteiger charge is -2.35. The molecule has 19 heavy (non-hydrogen) atoms. The standard InChI is InChI=1S/C14H23BrN2OS/c1-3-4-16-13(8-12-7-11(15)10-19-12)14-9-17(2)5-6-18-14/h7,10,13-14,16H,3-6,8-9H2,1-2H3. The van der Waals surface area contributed by atoms with E-state index in [1.165, 1.54) is 9.35 Å². The van der Waals surface area contributed by atoms with E-state index in [1.54, 1.807) is 0 Å². The van der Waals surface area contributed by atoms with Crippen LogP contribution in [0.2, 0.25) is 0 Å². The SMILES string of the molecule is CCCNC(Cc1cc(Br)cs1)C1CN(C)CCO1. The fourth-order valence-electron chi connectivity index (χ4n) is 2.40. The fourth-order valence-corrected chi connectivity index (χ4v) is 3.91. The summed E-state index contributed by atoms with van der Waals surface area (Å²) in [5.74, 6) is 0. The maximum atomic E-state index is 5.98. The number of halogens is 1. The van der Waals surface area contributed by atoms with Crippen LogP contribution in [-0.4, -0.2) is 50.3 Å². The van der Waals surface area contributed by atoms with Crippen LogP contribution in [0.15, 0.2) is 15.9 Å². The number of thiophene rings is 1. The lowest BCUT2D eigenvalue weighted by atomic mass is 10.0. The Morgan fingerprint density at radius 3 is 3.11 bits per heavy atom. The molecule has 1 aliphatic rings. The first-order chi connectivity index (χ1) is 9.19. The van der Waals surface area contributed by atoms with Crippen LogP contribution < -0.4 is 5.32 Å². The summed E-state index contributed by atoms with van der Waals surface area (Å²) < 4.78 is 7.16. The first kappa shape index (κ1) is 15.4. The molecule has 0 radical (unpaired) electrons. The summed E-state index contributed by atoms with van der Waals surface area (Å²) in [7, 11) is 2.17. The van der Waals surface area contributed by atoms with Gasteiger partial charge in [0.25, 0.3) is 0 Å². The molecule has 1 aromatic heterocycles. The van der Waals surface area contributed by atoms with Gasteiger partial charge in [0.1, 0.15) is 0 Å². The first-order valence-electron chi connectivity index (χ1n) is 6.95. The summed E-state index contributed by atoms with van der Waals surface area (Å²) in [6.07, 6.45) is 2.51. The second-order valence-electron chi connectivity index (χ2n) is 5.17. The van der Waals surface area contributed by atoms with Gasteiger partial charge in [-0.3, -0.25) is 0 Å². The Kier molecular flexibility index (Phi) is 6.29. The predicted molar refractivity (Wildman–Crippen MR) is 85.0 cm³/mol. The molecule has 1 N–H and O–H groups in total. The Bertz CT molecular complexity index is 385. The number of nitrogens with one attached hydrogen (secondary N) is 1. The zero-order valence-corrected chi connectivity index (χ0v) is 14.1. The third-order valence-corrected chi connectivity index (χ3v) is 5.16. The number of morpholine rings is 1. The quantitative estimate of drug-likeness (QED) is 0.856. The van der Waals surface area contributed by atoms with Crippen LogP contribution in [0.1, 0.15) is 18.2 Å². The highest BCUT2D eigenvalue weighted by molar-refractivity contribution is 9.10. The number of hydrogen-bond acceptors (Lipinski definition) is 4. The van der Waals surface area contributed by atoms with E-state index >= 15 is 0 Å². The lowest BCUT2D eigenvalue weighted by Crippen LogP contribution is -2.52. The summed E-state index contributed by atoms with van der Waals surface area (Å²) in [5, 5.41) is 5.81. The van der Waals surface area contributed by atoms with Crippen molar-refractivity contribution in [2.75, 3.05) is 33.3 Å². The smallest absolute Gasteiger partial charge is 0.0858 e. The Morgan fingerprint density at radius 1 is 1.63 bits per heavy atom. The largest absolute Gasteiger partial charge is 0.374 e. The van der Waals surface area contributed by atoms with Gasteiger partial charge in [-0.15, -0.1) is 11.3 Å². The molecule has 1 aliphatic heterocycles. The molecule has 0 saturated carbocycles. The summed E-state index contributed by atoms with van der Waals surface area (Å²) in [6.45, 7) is 6.18. The van der Waals surface area contributed by atoms with Crippen molar-refractivity contribution >= 4 is 27.3 Å². The minimum Gasteiger partial charge on any atom is -0.374 e. The van der Waals surface area contributed by atoms with Gasteiger partial charge in [-0.05, 0) is 48.4 Å². The van der Waals surface area contributed by atoms with Crippen LogP contribution in [-0.2, 0) is 11.2 Å². The van der Waals surface area contributed by atoms with E-state index in [9.17, 15) is 0 Å². The zero-order valence-electron chi connectivity index (χ0n) is 11.7. The average Bonchev–Trinajstić information content (AvgIpc) is 2.80. The fraction of sp³-hybridized carbons (Fsp3) is 0.714. The number of likely N-dealkylation sites (N-methyl/N-ethyl adjacent to an activating group) is 1. The maximum absolute atomic E-state index is 5.98. The number of nitrogens with zero attached hydrogens (tertiary/aromatic N) is 1. The third kappa shape index (κ3) is 4.83. The van der Waals surface area contributed by atoms with Gasteiger partial charge in [0, 0.05) is 33.9 Å². The van der Waals surface area contributed by atoms with Crippen molar-refractivity contribution in [1.82, 2.24) is 10.2 Å². The highest BCUT2D eigenvalue weighted by Crippen LogP contribution is 2.22. The first-order valence-corrected chi connectivity index (χ1v) is 8.62. The molecule has 0 spiro atoms. The zero-order chi connectivity index (χ0) is 13.7. The van der Waals surface area contributed by atoms with E-state index in [-0.39, 0.29) is 0 Å². The maximum Gasteiger partial charge on any atom is 0.0858 e. The molecule has 3 nitrogen and oxygen atoms in total. The van der Waals surface area contributed by atoms with Crippen molar-refractivity contribution < 1.29 is 4.74 Å². The molecule has 0 bridgehead atoms. The van der Waals surface area contributed by atoms with Gasteiger partial charge < -0.3 is 15.0 Å². The number of rotatable bonds is 6. The van der Waals surface area contributed by atoms with Crippen molar-refractivity contribution in [3.8, 4) is 0 Å². The summed E-state index contributed by atoms with van der Waals surface area (Å²) in [4.78, 5) is 3.77. The summed E-state index contributed by atoms with van der Waals surface area (Å²) >= 11 is 5.35.